The highest BCUT2D eigenvalue weighted by Gasteiger charge is 2.16. The molecule has 19 heavy (non-hydrogen) atoms. The minimum atomic E-state index is -0.612. The summed E-state index contributed by atoms with van der Waals surface area (Å²) < 4.78 is 11.4. The zero-order chi connectivity index (χ0) is 13.8. The normalized spacial score (nSPS) is 18.6. The Morgan fingerprint density at radius 1 is 1.37 bits per heavy atom. The lowest BCUT2D eigenvalue weighted by atomic mass is 9.99. The highest BCUT2D eigenvalue weighted by atomic mass is 32.2. The van der Waals surface area contributed by atoms with Gasteiger partial charge in [-0.1, -0.05) is 13.0 Å². The van der Waals surface area contributed by atoms with Crippen LogP contribution in [0.15, 0.2) is 18.2 Å². The Kier molecular flexibility index (Phi) is 4.99. The Labute approximate surface area is 118 Å². The molecule has 0 spiro atoms. The highest BCUT2D eigenvalue weighted by molar-refractivity contribution is 7.85. The van der Waals surface area contributed by atoms with Crippen LogP contribution in [0.4, 0.5) is 5.69 Å². The second-order valence-electron chi connectivity index (χ2n) is 5.32. The van der Waals surface area contributed by atoms with Crippen molar-refractivity contribution in [3.63, 3.8) is 0 Å². The van der Waals surface area contributed by atoms with Crippen molar-refractivity contribution in [2.24, 2.45) is 5.73 Å². The fraction of sp³-hybridized carbons (Fsp3) is 0.600. The minimum absolute atomic E-state index is 0.252. The van der Waals surface area contributed by atoms with Gasteiger partial charge in [0, 0.05) is 47.1 Å². The standard InChI is InChI=1S/C15H24N2OS/c1-3-14(16)11-13-4-5-15(10-12(13)2)17-6-8-19(18)9-7-17/h4-5,10,14H,3,6-9,11,16H2,1-2H3. The Morgan fingerprint density at radius 3 is 2.63 bits per heavy atom. The van der Waals surface area contributed by atoms with E-state index < -0.39 is 10.8 Å². The van der Waals surface area contributed by atoms with Crippen molar-refractivity contribution in [2.75, 3.05) is 29.5 Å². The van der Waals surface area contributed by atoms with Crippen LogP contribution in [-0.4, -0.2) is 34.8 Å². The molecular formula is C15H24N2OS. The lowest BCUT2D eigenvalue weighted by molar-refractivity contribution is 0.644. The Balaban J connectivity index is 2.08. The van der Waals surface area contributed by atoms with E-state index in [0.717, 1.165) is 37.4 Å². The van der Waals surface area contributed by atoms with E-state index in [4.69, 9.17) is 5.73 Å². The van der Waals surface area contributed by atoms with Gasteiger partial charge in [0.15, 0.2) is 0 Å². The summed E-state index contributed by atoms with van der Waals surface area (Å²) in [5, 5.41) is 0. The molecule has 2 rings (SSSR count). The second-order valence-corrected chi connectivity index (χ2v) is 7.01. The van der Waals surface area contributed by atoms with Crippen LogP contribution in [0.2, 0.25) is 0 Å². The van der Waals surface area contributed by atoms with Crippen LogP contribution in [0.25, 0.3) is 0 Å². The maximum Gasteiger partial charge on any atom is 0.0411 e. The molecule has 0 aliphatic carbocycles. The van der Waals surface area contributed by atoms with Crippen molar-refractivity contribution >= 4 is 16.5 Å². The average molecular weight is 280 g/mol. The van der Waals surface area contributed by atoms with Gasteiger partial charge < -0.3 is 10.6 Å². The van der Waals surface area contributed by atoms with E-state index >= 15 is 0 Å². The fourth-order valence-electron chi connectivity index (χ4n) is 2.43. The third kappa shape index (κ3) is 3.80. The lowest BCUT2D eigenvalue weighted by Gasteiger charge is -2.29. The Bertz CT molecular complexity index is 451. The van der Waals surface area contributed by atoms with Gasteiger partial charge in [-0.25, -0.2) is 0 Å². The van der Waals surface area contributed by atoms with E-state index in [0.29, 0.717) is 0 Å². The molecule has 1 aliphatic rings. The highest BCUT2D eigenvalue weighted by Crippen LogP contribution is 2.21. The molecule has 1 saturated heterocycles. The maximum absolute atomic E-state index is 11.4. The molecule has 0 saturated carbocycles. The van der Waals surface area contributed by atoms with Gasteiger partial charge in [-0.3, -0.25) is 4.21 Å². The summed E-state index contributed by atoms with van der Waals surface area (Å²) in [7, 11) is -0.612. The van der Waals surface area contributed by atoms with E-state index in [2.05, 4.69) is 36.9 Å². The summed E-state index contributed by atoms with van der Waals surface area (Å²) in [5.74, 6) is 1.59. The van der Waals surface area contributed by atoms with E-state index in [-0.39, 0.29) is 6.04 Å². The van der Waals surface area contributed by atoms with Crippen molar-refractivity contribution in [3.05, 3.63) is 29.3 Å². The molecule has 0 amide bonds. The maximum atomic E-state index is 11.4. The molecule has 4 heteroatoms. The molecule has 106 valence electrons. The van der Waals surface area contributed by atoms with Gasteiger partial charge in [0.05, 0.1) is 0 Å². The number of benzene rings is 1. The summed E-state index contributed by atoms with van der Waals surface area (Å²) in [6.45, 7) is 6.09. The zero-order valence-electron chi connectivity index (χ0n) is 11.9. The van der Waals surface area contributed by atoms with Crippen LogP contribution in [0.3, 0.4) is 0 Å². The number of hydrogen-bond donors (Lipinski definition) is 1. The summed E-state index contributed by atoms with van der Waals surface area (Å²) in [6.07, 6.45) is 1.96. The van der Waals surface area contributed by atoms with Crippen LogP contribution < -0.4 is 10.6 Å². The first-order valence-corrected chi connectivity index (χ1v) is 8.54. The largest absolute Gasteiger partial charge is 0.370 e. The summed E-state index contributed by atoms with van der Waals surface area (Å²) in [6, 6.07) is 6.87. The van der Waals surface area contributed by atoms with Crippen LogP contribution >= 0.6 is 0 Å². The summed E-state index contributed by atoms with van der Waals surface area (Å²) in [5.41, 5.74) is 9.94. The molecular weight excluding hydrogens is 256 g/mol. The van der Waals surface area contributed by atoms with Crippen LogP contribution in [0, 0.1) is 6.92 Å². The number of hydrogen-bond acceptors (Lipinski definition) is 3. The van der Waals surface area contributed by atoms with Crippen LogP contribution in [-0.2, 0) is 17.2 Å². The molecule has 2 N–H and O–H groups in total. The summed E-state index contributed by atoms with van der Waals surface area (Å²) >= 11 is 0. The molecule has 1 aromatic carbocycles. The van der Waals surface area contributed by atoms with Gasteiger partial charge in [-0.05, 0) is 43.0 Å². The Hall–Kier alpha value is -0.870. The molecule has 3 nitrogen and oxygen atoms in total. The van der Waals surface area contributed by atoms with Gasteiger partial charge >= 0.3 is 0 Å². The van der Waals surface area contributed by atoms with Crippen molar-refractivity contribution in [2.45, 2.75) is 32.7 Å². The van der Waals surface area contributed by atoms with E-state index in [1.54, 1.807) is 0 Å². The van der Waals surface area contributed by atoms with Crippen molar-refractivity contribution < 1.29 is 4.21 Å². The van der Waals surface area contributed by atoms with E-state index in [9.17, 15) is 4.21 Å². The zero-order valence-corrected chi connectivity index (χ0v) is 12.7. The second kappa shape index (κ2) is 6.53. The molecule has 1 aliphatic heterocycles. The van der Waals surface area contributed by atoms with E-state index in [1.165, 1.54) is 16.8 Å². The van der Waals surface area contributed by atoms with Gasteiger partial charge in [0.2, 0.25) is 0 Å². The van der Waals surface area contributed by atoms with Crippen LogP contribution in [0.5, 0.6) is 0 Å². The molecule has 1 atom stereocenters. The smallest absolute Gasteiger partial charge is 0.0411 e. The number of anilines is 1. The van der Waals surface area contributed by atoms with Crippen molar-refractivity contribution in [1.82, 2.24) is 0 Å². The third-order valence-corrected chi connectivity index (χ3v) is 5.15. The predicted octanol–water partition coefficient (Wildman–Crippen LogP) is 1.84. The third-order valence-electron chi connectivity index (χ3n) is 3.88. The van der Waals surface area contributed by atoms with Crippen molar-refractivity contribution in [3.8, 4) is 0 Å². The van der Waals surface area contributed by atoms with Gasteiger partial charge in [0.1, 0.15) is 0 Å². The number of rotatable bonds is 4. The van der Waals surface area contributed by atoms with Gasteiger partial charge in [0.25, 0.3) is 0 Å². The fourth-order valence-corrected chi connectivity index (χ4v) is 3.48. The molecule has 0 aromatic heterocycles. The molecule has 1 unspecified atom stereocenters. The molecule has 1 aromatic rings. The monoisotopic (exact) mass is 280 g/mol. The quantitative estimate of drug-likeness (QED) is 0.915. The topological polar surface area (TPSA) is 46.3 Å². The first kappa shape index (κ1) is 14.5. The van der Waals surface area contributed by atoms with E-state index in [1.807, 2.05) is 0 Å². The first-order chi connectivity index (χ1) is 9.10. The lowest BCUT2D eigenvalue weighted by Crippen LogP contribution is -2.37. The SMILES string of the molecule is CCC(N)Cc1ccc(N2CCS(=O)CC2)cc1C. The van der Waals surface area contributed by atoms with Gasteiger partial charge in [-0.2, -0.15) is 0 Å². The predicted molar refractivity (Wildman–Crippen MR) is 83.2 cm³/mol. The molecule has 0 bridgehead atoms. The van der Waals surface area contributed by atoms with Crippen LogP contribution in [0.1, 0.15) is 24.5 Å². The Morgan fingerprint density at radius 2 is 2.05 bits per heavy atom. The first-order valence-electron chi connectivity index (χ1n) is 7.05. The molecule has 1 fully saturated rings. The number of nitrogens with zero attached hydrogens (tertiary/aromatic N) is 1. The minimum Gasteiger partial charge on any atom is -0.370 e. The average Bonchev–Trinajstić information content (AvgIpc) is 2.41. The van der Waals surface area contributed by atoms with Crippen molar-refractivity contribution in [1.29, 1.82) is 0 Å². The summed E-state index contributed by atoms with van der Waals surface area (Å²) in [4.78, 5) is 2.33. The number of nitrogens with two attached hydrogens (primary N) is 1. The number of aryl methyl sites for hydroxylation is 1. The van der Waals surface area contributed by atoms with Gasteiger partial charge in [-0.15, -0.1) is 0 Å². The molecule has 1 heterocycles. The molecule has 0 radical (unpaired) electrons.